The number of ether oxygens (including phenoxy) is 3. The van der Waals surface area contributed by atoms with E-state index in [1.165, 1.54) is 4.90 Å². The molecule has 2 saturated heterocycles. The highest BCUT2D eigenvalue weighted by atomic mass is 16.6. The maximum Gasteiger partial charge on any atom is 0.417 e. The van der Waals surface area contributed by atoms with E-state index >= 15 is 0 Å². The number of carbonyl (C=O) groups excluding carboxylic acids is 3. The largest absolute Gasteiger partial charge is 0.444 e. The van der Waals surface area contributed by atoms with E-state index in [0.29, 0.717) is 19.4 Å². The van der Waals surface area contributed by atoms with Crippen LogP contribution in [0.1, 0.15) is 82.1 Å². The Labute approximate surface area is 180 Å². The van der Waals surface area contributed by atoms with Gasteiger partial charge in [-0.3, -0.25) is 9.69 Å². The van der Waals surface area contributed by atoms with Crippen LogP contribution in [-0.4, -0.2) is 63.0 Å². The second-order valence-electron chi connectivity index (χ2n) is 11.4. The Morgan fingerprint density at radius 3 is 2.00 bits per heavy atom. The first-order chi connectivity index (χ1) is 13.3. The highest BCUT2D eigenvalue weighted by molar-refractivity contribution is 5.96. The second-order valence-corrected chi connectivity index (χ2v) is 11.4. The van der Waals surface area contributed by atoms with Crippen LogP contribution < -0.4 is 0 Å². The molecular weight excluding hydrogens is 388 g/mol. The Morgan fingerprint density at radius 2 is 1.50 bits per heavy atom. The molecule has 0 aromatic rings. The Kier molecular flexibility index (Phi) is 6.27. The van der Waals surface area contributed by atoms with Gasteiger partial charge in [0.25, 0.3) is 0 Å². The lowest BCUT2D eigenvalue weighted by Crippen LogP contribution is -2.50. The van der Waals surface area contributed by atoms with Gasteiger partial charge in [-0.2, -0.15) is 0 Å². The standard InChI is InChI=1S/C22H38N2O6/c1-19(2,3)29-17(26)23-15(13-28-22(23,9)10)11-14-12-21(7,8)24(16(14)25)18(27)30-20(4,5)6/h14-15H,11-13H2,1-10H3. The van der Waals surface area contributed by atoms with Crippen LogP contribution in [0, 0.1) is 5.92 Å². The molecule has 0 saturated carbocycles. The van der Waals surface area contributed by atoms with E-state index in [2.05, 4.69) is 0 Å². The van der Waals surface area contributed by atoms with Crippen molar-refractivity contribution in [1.82, 2.24) is 9.80 Å². The lowest BCUT2D eigenvalue weighted by atomic mass is 9.91. The molecule has 2 aliphatic rings. The molecule has 172 valence electrons. The summed E-state index contributed by atoms with van der Waals surface area (Å²) in [5.74, 6) is -0.692. The molecule has 2 heterocycles. The van der Waals surface area contributed by atoms with Crippen LogP contribution in [0.3, 0.4) is 0 Å². The van der Waals surface area contributed by atoms with E-state index in [4.69, 9.17) is 14.2 Å². The van der Waals surface area contributed by atoms with E-state index in [9.17, 15) is 14.4 Å². The third kappa shape index (κ3) is 5.45. The lowest BCUT2D eigenvalue weighted by Gasteiger charge is -2.35. The maximum atomic E-state index is 13.2. The first-order valence-corrected chi connectivity index (χ1v) is 10.6. The highest BCUT2D eigenvalue weighted by Crippen LogP contribution is 2.40. The number of nitrogens with zero attached hydrogens (tertiary/aromatic N) is 2. The number of rotatable bonds is 2. The van der Waals surface area contributed by atoms with Crippen LogP contribution in [0.15, 0.2) is 0 Å². The maximum absolute atomic E-state index is 13.2. The highest BCUT2D eigenvalue weighted by Gasteiger charge is 2.53. The third-order valence-corrected chi connectivity index (χ3v) is 5.22. The fourth-order valence-corrected chi connectivity index (χ4v) is 4.16. The van der Waals surface area contributed by atoms with Gasteiger partial charge in [0.2, 0.25) is 5.91 Å². The summed E-state index contributed by atoms with van der Waals surface area (Å²) in [7, 11) is 0. The molecule has 2 aliphatic heterocycles. The summed E-state index contributed by atoms with van der Waals surface area (Å²) in [6, 6.07) is -0.321. The molecule has 0 aromatic heterocycles. The molecule has 8 heteroatoms. The quantitative estimate of drug-likeness (QED) is 0.654. The minimum Gasteiger partial charge on any atom is -0.444 e. The molecule has 2 unspecified atom stereocenters. The van der Waals surface area contributed by atoms with Crippen LogP contribution in [0.5, 0.6) is 0 Å². The molecular formula is C22H38N2O6. The summed E-state index contributed by atoms with van der Waals surface area (Å²) in [4.78, 5) is 41.5. The summed E-state index contributed by atoms with van der Waals surface area (Å²) in [6.07, 6.45) is -0.218. The molecule has 3 amide bonds. The van der Waals surface area contributed by atoms with Crippen molar-refractivity contribution >= 4 is 18.1 Å². The Balaban J connectivity index is 2.19. The van der Waals surface area contributed by atoms with Gasteiger partial charge in [-0.25, -0.2) is 14.5 Å². The van der Waals surface area contributed by atoms with Gasteiger partial charge >= 0.3 is 12.2 Å². The molecule has 8 nitrogen and oxygen atoms in total. The molecule has 0 radical (unpaired) electrons. The number of carbonyl (C=O) groups is 3. The molecule has 30 heavy (non-hydrogen) atoms. The summed E-state index contributed by atoms with van der Waals surface area (Å²) in [6.45, 7) is 18.4. The molecule has 2 fully saturated rings. The molecule has 2 rings (SSSR count). The molecule has 0 aliphatic carbocycles. The predicted molar refractivity (Wildman–Crippen MR) is 112 cm³/mol. The summed E-state index contributed by atoms with van der Waals surface area (Å²) in [5.41, 5.74) is -2.84. The van der Waals surface area contributed by atoms with Crippen molar-refractivity contribution in [2.24, 2.45) is 5.92 Å². The van der Waals surface area contributed by atoms with Crippen LogP contribution in [0.4, 0.5) is 9.59 Å². The number of imide groups is 1. The van der Waals surface area contributed by atoms with Crippen molar-refractivity contribution < 1.29 is 28.6 Å². The second kappa shape index (κ2) is 7.70. The van der Waals surface area contributed by atoms with Crippen molar-refractivity contribution in [2.45, 2.75) is 111 Å². The van der Waals surface area contributed by atoms with Crippen molar-refractivity contribution in [1.29, 1.82) is 0 Å². The van der Waals surface area contributed by atoms with E-state index in [-0.39, 0.29) is 11.9 Å². The number of hydrogen-bond donors (Lipinski definition) is 0. The Morgan fingerprint density at radius 1 is 1.00 bits per heavy atom. The number of hydrogen-bond acceptors (Lipinski definition) is 6. The fourth-order valence-electron chi connectivity index (χ4n) is 4.16. The van der Waals surface area contributed by atoms with Crippen LogP contribution in [0.2, 0.25) is 0 Å². The zero-order chi connectivity index (χ0) is 23.3. The van der Waals surface area contributed by atoms with Gasteiger partial charge in [0, 0.05) is 11.5 Å². The normalized spacial score (nSPS) is 26.1. The zero-order valence-electron chi connectivity index (χ0n) is 20.1. The molecule has 0 aromatic carbocycles. The van der Waals surface area contributed by atoms with E-state index in [0.717, 1.165) is 0 Å². The predicted octanol–water partition coefficient (Wildman–Crippen LogP) is 4.31. The van der Waals surface area contributed by atoms with Gasteiger partial charge in [-0.15, -0.1) is 0 Å². The van der Waals surface area contributed by atoms with Crippen LogP contribution >= 0.6 is 0 Å². The van der Waals surface area contributed by atoms with Gasteiger partial charge in [0.05, 0.1) is 12.6 Å². The SMILES string of the molecule is CC(C)(C)OC(=O)N1C(=O)C(CC2COC(C)(C)N2C(=O)OC(C)(C)C)CC1(C)C. The average molecular weight is 427 g/mol. The van der Waals surface area contributed by atoms with Crippen molar-refractivity contribution in [3.05, 3.63) is 0 Å². The van der Waals surface area contributed by atoms with Gasteiger partial charge in [0.15, 0.2) is 0 Å². The smallest absolute Gasteiger partial charge is 0.417 e. The topological polar surface area (TPSA) is 85.4 Å². The summed E-state index contributed by atoms with van der Waals surface area (Å²) < 4.78 is 16.9. The van der Waals surface area contributed by atoms with Crippen molar-refractivity contribution in [3.8, 4) is 0 Å². The number of likely N-dealkylation sites (tertiary alicyclic amines) is 1. The average Bonchev–Trinajstić information content (AvgIpc) is 2.88. The Bertz CT molecular complexity index is 701. The van der Waals surface area contributed by atoms with Gasteiger partial charge in [0.1, 0.15) is 16.9 Å². The van der Waals surface area contributed by atoms with Crippen LogP contribution in [-0.2, 0) is 19.0 Å². The monoisotopic (exact) mass is 426 g/mol. The number of amides is 3. The van der Waals surface area contributed by atoms with Gasteiger partial charge in [-0.1, -0.05) is 0 Å². The molecule has 0 spiro atoms. The Hall–Kier alpha value is -1.83. The molecule has 0 bridgehead atoms. The van der Waals surface area contributed by atoms with Gasteiger partial charge < -0.3 is 14.2 Å². The van der Waals surface area contributed by atoms with E-state index < -0.39 is 40.6 Å². The first kappa shape index (κ1) is 24.4. The van der Waals surface area contributed by atoms with Crippen molar-refractivity contribution in [3.63, 3.8) is 0 Å². The van der Waals surface area contributed by atoms with Crippen molar-refractivity contribution in [2.75, 3.05) is 6.61 Å². The molecule has 2 atom stereocenters. The minimum atomic E-state index is -0.838. The van der Waals surface area contributed by atoms with Crippen LogP contribution in [0.25, 0.3) is 0 Å². The van der Waals surface area contributed by atoms with Gasteiger partial charge in [-0.05, 0) is 82.1 Å². The minimum absolute atomic E-state index is 0.275. The lowest BCUT2D eigenvalue weighted by molar-refractivity contribution is -0.133. The first-order valence-electron chi connectivity index (χ1n) is 10.6. The zero-order valence-corrected chi connectivity index (χ0v) is 20.1. The molecule has 0 N–H and O–H groups in total. The third-order valence-electron chi connectivity index (χ3n) is 5.22. The summed E-state index contributed by atoms with van der Waals surface area (Å²) in [5, 5.41) is 0. The van der Waals surface area contributed by atoms with E-state index in [1.807, 2.05) is 48.5 Å². The summed E-state index contributed by atoms with van der Waals surface area (Å²) >= 11 is 0. The fraction of sp³-hybridized carbons (Fsp3) is 0.864. The van der Waals surface area contributed by atoms with E-state index in [1.54, 1.807) is 25.7 Å².